The Hall–Kier alpha value is -2.46. The van der Waals surface area contributed by atoms with E-state index in [1.54, 1.807) is 11.3 Å². The molecule has 3 nitrogen and oxygen atoms in total. The van der Waals surface area contributed by atoms with Gasteiger partial charge in [0.2, 0.25) is 5.91 Å². The predicted octanol–water partition coefficient (Wildman–Crippen LogP) is 4.76. The fraction of sp³-hybridized carbons (Fsp3) is 0.273. The Morgan fingerprint density at radius 1 is 1.00 bits per heavy atom. The van der Waals surface area contributed by atoms with Crippen molar-refractivity contribution >= 4 is 17.2 Å². The van der Waals surface area contributed by atoms with E-state index in [1.807, 2.05) is 60.7 Å². The summed E-state index contributed by atoms with van der Waals surface area (Å²) in [6.07, 6.45) is 0.763. The van der Waals surface area contributed by atoms with Gasteiger partial charge in [0.15, 0.2) is 0 Å². The van der Waals surface area contributed by atoms with E-state index in [2.05, 4.69) is 29.5 Å². The van der Waals surface area contributed by atoms with Gasteiger partial charge in [-0.05, 0) is 17.0 Å². The van der Waals surface area contributed by atoms with Crippen LogP contribution in [-0.4, -0.2) is 17.4 Å². The molecule has 1 aromatic heterocycles. The minimum Gasteiger partial charge on any atom is -0.355 e. The van der Waals surface area contributed by atoms with Crippen molar-refractivity contribution in [3.05, 3.63) is 87.9 Å². The monoisotopic (exact) mass is 364 g/mol. The van der Waals surface area contributed by atoms with Gasteiger partial charge in [0, 0.05) is 18.3 Å². The summed E-state index contributed by atoms with van der Waals surface area (Å²) in [7, 11) is 0. The molecule has 0 saturated heterocycles. The lowest BCUT2D eigenvalue weighted by atomic mass is 9.90. The van der Waals surface area contributed by atoms with E-state index in [4.69, 9.17) is 0 Å². The van der Waals surface area contributed by atoms with Crippen LogP contribution < -0.4 is 5.32 Å². The van der Waals surface area contributed by atoms with Crippen LogP contribution in [0.2, 0.25) is 0 Å². The largest absolute Gasteiger partial charge is 0.355 e. The topological polar surface area (TPSA) is 42.0 Å². The van der Waals surface area contributed by atoms with Crippen LogP contribution in [0.3, 0.4) is 0 Å². The maximum Gasteiger partial charge on any atom is 0.232 e. The first-order valence-corrected chi connectivity index (χ1v) is 9.85. The van der Waals surface area contributed by atoms with Crippen molar-refractivity contribution in [2.45, 2.75) is 32.1 Å². The third-order valence-electron chi connectivity index (χ3n) is 4.33. The molecular formula is C22H24N2OS. The second-order valence-electron chi connectivity index (χ2n) is 6.62. The summed E-state index contributed by atoms with van der Waals surface area (Å²) >= 11 is 1.67. The molecule has 0 spiro atoms. The lowest BCUT2D eigenvalue weighted by Gasteiger charge is -2.17. The maximum absolute atomic E-state index is 12.9. The fourth-order valence-corrected chi connectivity index (χ4v) is 3.85. The zero-order valence-corrected chi connectivity index (χ0v) is 16.0. The van der Waals surface area contributed by atoms with Gasteiger partial charge in [-0.2, -0.15) is 0 Å². The van der Waals surface area contributed by atoms with Crippen LogP contribution in [0.15, 0.2) is 66.0 Å². The fourth-order valence-electron chi connectivity index (χ4n) is 2.89. The normalized spacial score (nSPS) is 11.1. The highest BCUT2D eigenvalue weighted by molar-refractivity contribution is 7.09. The quantitative estimate of drug-likeness (QED) is 0.657. The van der Waals surface area contributed by atoms with Crippen LogP contribution in [0.1, 0.15) is 47.5 Å². The zero-order chi connectivity index (χ0) is 18.4. The standard InChI is InChI=1S/C22H24N2OS/c1-16(2)19-15-26-20(24-19)13-14-23-22(25)21(17-9-5-3-6-10-17)18-11-7-4-8-12-18/h3-12,15-16,21H,13-14H2,1-2H3,(H,23,25). The molecule has 1 heterocycles. The van der Waals surface area contributed by atoms with E-state index < -0.39 is 0 Å². The zero-order valence-electron chi connectivity index (χ0n) is 15.2. The van der Waals surface area contributed by atoms with Gasteiger partial charge in [-0.1, -0.05) is 74.5 Å². The molecule has 1 N–H and O–H groups in total. The molecule has 26 heavy (non-hydrogen) atoms. The van der Waals surface area contributed by atoms with Crippen molar-refractivity contribution in [1.82, 2.24) is 10.3 Å². The minimum atomic E-state index is -0.292. The van der Waals surface area contributed by atoms with Gasteiger partial charge in [-0.3, -0.25) is 4.79 Å². The first-order valence-electron chi connectivity index (χ1n) is 8.97. The Kier molecular flexibility index (Phi) is 6.18. The summed E-state index contributed by atoms with van der Waals surface area (Å²) in [5, 5.41) is 6.28. The smallest absolute Gasteiger partial charge is 0.232 e. The van der Waals surface area contributed by atoms with Crippen LogP contribution in [0.5, 0.6) is 0 Å². The predicted molar refractivity (Wildman–Crippen MR) is 108 cm³/mol. The number of nitrogens with zero attached hydrogens (tertiary/aromatic N) is 1. The highest BCUT2D eigenvalue weighted by Crippen LogP contribution is 2.24. The number of rotatable bonds is 7. The molecule has 1 amide bonds. The second kappa shape index (κ2) is 8.77. The van der Waals surface area contributed by atoms with Crippen LogP contribution in [-0.2, 0) is 11.2 Å². The van der Waals surface area contributed by atoms with E-state index in [-0.39, 0.29) is 11.8 Å². The van der Waals surface area contributed by atoms with E-state index >= 15 is 0 Å². The van der Waals surface area contributed by atoms with Crippen molar-refractivity contribution in [2.75, 3.05) is 6.54 Å². The highest BCUT2D eigenvalue weighted by atomic mass is 32.1. The number of carbonyl (C=O) groups excluding carboxylic acids is 1. The van der Waals surface area contributed by atoms with Crippen LogP contribution in [0, 0.1) is 0 Å². The Bertz CT molecular complexity index is 788. The average Bonchev–Trinajstić information content (AvgIpc) is 3.13. The molecule has 0 atom stereocenters. The van der Waals surface area contributed by atoms with E-state index in [0.717, 1.165) is 28.2 Å². The van der Waals surface area contributed by atoms with Gasteiger partial charge in [-0.25, -0.2) is 4.98 Å². The number of amides is 1. The van der Waals surface area contributed by atoms with Crippen LogP contribution in [0.4, 0.5) is 0 Å². The third kappa shape index (κ3) is 4.58. The summed E-state index contributed by atoms with van der Waals surface area (Å²) in [6.45, 7) is 4.88. The molecular weight excluding hydrogens is 340 g/mol. The maximum atomic E-state index is 12.9. The molecule has 3 aromatic rings. The molecule has 0 aliphatic rings. The number of nitrogens with one attached hydrogen (secondary N) is 1. The molecule has 0 aliphatic heterocycles. The molecule has 134 valence electrons. The Balaban J connectivity index is 1.68. The van der Waals surface area contributed by atoms with Gasteiger partial charge >= 0.3 is 0 Å². The van der Waals surface area contributed by atoms with Crippen LogP contribution in [0.25, 0.3) is 0 Å². The summed E-state index contributed by atoms with van der Waals surface area (Å²) in [6, 6.07) is 19.9. The van der Waals surface area contributed by atoms with E-state index in [9.17, 15) is 4.79 Å². The molecule has 0 saturated carbocycles. The third-order valence-corrected chi connectivity index (χ3v) is 5.25. The number of carbonyl (C=O) groups is 1. The van der Waals surface area contributed by atoms with E-state index in [1.165, 1.54) is 0 Å². The average molecular weight is 365 g/mol. The minimum absolute atomic E-state index is 0.0306. The van der Waals surface area contributed by atoms with E-state index in [0.29, 0.717) is 12.5 Å². The molecule has 0 fully saturated rings. The van der Waals surface area contributed by atoms with Crippen molar-refractivity contribution in [1.29, 1.82) is 0 Å². The van der Waals surface area contributed by atoms with Gasteiger partial charge in [0.25, 0.3) is 0 Å². The van der Waals surface area contributed by atoms with Crippen molar-refractivity contribution < 1.29 is 4.79 Å². The van der Waals surface area contributed by atoms with Crippen LogP contribution >= 0.6 is 11.3 Å². The molecule has 2 aromatic carbocycles. The van der Waals surface area contributed by atoms with Gasteiger partial charge in [0.1, 0.15) is 0 Å². The molecule has 3 rings (SSSR count). The highest BCUT2D eigenvalue weighted by Gasteiger charge is 2.22. The van der Waals surface area contributed by atoms with Crippen molar-refractivity contribution in [2.24, 2.45) is 0 Å². The lowest BCUT2D eigenvalue weighted by Crippen LogP contribution is -2.31. The molecule has 0 bridgehead atoms. The Morgan fingerprint density at radius 3 is 2.08 bits per heavy atom. The lowest BCUT2D eigenvalue weighted by molar-refractivity contribution is -0.121. The molecule has 0 unspecified atom stereocenters. The summed E-state index contributed by atoms with van der Waals surface area (Å²) < 4.78 is 0. The first kappa shape index (κ1) is 18.3. The van der Waals surface area contributed by atoms with Crippen molar-refractivity contribution in [3.8, 4) is 0 Å². The van der Waals surface area contributed by atoms with Crippen molar-refractivity contribution in [3.63, 3.8) is 0 Å². The Labute approximate surface area is 159 Å². The summed E-state index contributed by atoms with van der Waals surface area (Å²) in [5.41, 5.74) is 3.14. The number of benzene rings is 2. The number of hydrogen-bond acceptors (Lipinski definition) is 3. The van der Waals surface area contributed by atoms with Gasteiger partial charge < -0.3 is 5.32 Å². The molecule has 0 radical (unpaired) electrons. The summed E-state index contributed by atoms with van der Waals surface area (Å²) in [4.78, 5) is 17.6. The van der Waals surface area contributed by atoms with Gasteiger partial charge in [0.05, 0.1) is 16.6 Å². The molecule has 4 heteroatoms. The summed E-state index contributed by atoms with van der Waals surface area (Å²) in [5.74, 6) is 0.179. The molecule has 0 aliphatic carbocycles. The number of thiazole rings is 1. The first-order chi connectivity index (χ1) is 12.6. The van der Waals surface area contributed by atoms with Gasteiger partial charge in [-0.15, -0.1) is 11.3 Å². The number of hydrogen-bond donors (Lipinski definition) is 1. The number of aromatic nitrogens is 1. The Morgan fingerprint density at radius 2 is 1.58 bits per heavy atom. The second-order valence-corrected chi connectivity index (χ2v) is 7.56. The SMILES string of the molecule is CC(C)c1csc(CCNC(=O)C(c2ccccc2)c2ccccc2)n1.